The van der Waals surface area contributed by atoms with Gasteiger partial charge in [-0.1, -0.05) is 36.4 Å². The van der Waals surface area contributed by atoms with E-state index >= 15 is 0 Å². The number of nitrogen functional groups attached to an aromatic ring is 1. The largest absolute Gasteiger partial charge is 0.508 e. The Hall–Kier alpha value is -2.99. The third-order valence-electron chi connectivity index (χ3n) is 3.19. The van der Waals surface area contributed by atoms with E-state index in [1.807, 2.05) is 19.1 Å². The van der Waals surface area contributed by atoms with Crippen LogP contribution in [0.5, 0.6) is 5.75 Å². The molecular formula is C19H20N2O3S. The van der Waals surface area contributed by atoms with E-state index in [0.717, 1.165) is 5.56 Å². The third kappa shape index (κ3) is 5.86. The summed E-state index contributed by atoms with van der Waals surface area (Å²) in [6, 6.07) is 22.1. The molecule has 0 heterocycles. The molecule has 3 rings (SSSR count). The molecule has 0 bridgehead atoms. The fourth-order valence-corrected chi connectivity index (χ4v) is 3.14. The zero-order chi connectivity index (χ0) is 18.3. The van der Waals surface area contributed by atoms with E-state index in [2.05, 4.69) is 4.72 Å². The van der Waals surface area contributed by atoms with Gasteiger partial charge in [-0.3, -0.25) is 4.72 Å². The SMILES string of the molecule is Cc1cccc(NS(=O)(=O)c2cccc(N)c2)c1.Oc1ccccc1. The van der Waals surface area contributed by atoms with Crippen LogP contribution in [0.25, 0.3) is 0 Å². The number of nitrogens with one attached hydrogen (secondary N) is 1. The molecule has 25 heavy (non-hydrogen) atoms. The molecule has 0 unspecified atom stereocenters. The lowest BCUT2D eigenvalue weighted by molar-refractivity contribution is 0.475. The minimum Gasteiger partial charge on any atom is -0.508 e. The summed E-state index contributed by atoms with van der Waals surface area (Å²) in [5.74, 6) is 0.322. The van der Waals surface area contributed by atoms with Crippen LogP contribution in [0.1, 0.15) is 5.56 Å². The molecule has 0 aliphatic carbocycles. The Balaban J connectivity index is 0.000000269. The van der Waals surface area contributed by atoms with Gasteiger partial charge in [0.05, 0.1) is 4.90 Å². The number of hydrogen-bond acceptors (Lipinski definition) is 4. The third-order valence-corrected chi connectivity index (χ3v) is 4.57. The smallest absolute Gasteiger partial charge is 0.261 e. The summed E-state index contributed by atoms with van der Waals surface area (Å²) in [6.45, 7) is 1.90. The molecule has 0 aliphatic rings. The van der Waals surface area contributed by atoms with E-state index in [9.17, 15) is 8.42 Å². The molecule has 130 valence electrons. The van der Waals surface area contributed by atoms with Gasteiger partial charge >= 0.3 is 0 Å². The second kappa shape index (κ2) is 8.21. The van der Waals surface area contributed by atoms with E-state index in [1.165, 1.54) is 12.1 Å². The van der Waals surface area contributed by atoms with Crippen LogP contribution in [-0.4, -0.2) is 13.5 Å². The molecule has 0 spiro atoms. The van der Waals surface area contributed by atoms with Gasteiger partial charge in [0.25, 0.3) is 10.0 Å². The molecule has 0 fully saturated rings. The molecule has 5 nitrogen and oxygen atoms in total. The van der Waals surface area contributed by atoms with Crippen LogP contribution in [0.15, 0.2) is 83.8 Å². The van der Waals surface area contributed by atoms with E-state index in [-0.39, 0.29) is 4.90 Å². The molecular weight excluding hydrogens is 336 g/mol. The van der Waals surface area contributed by atoms with Gasteiger partial charge in [-0.25, -0.2) is 8.42 Å². The second-order valence-electron chi connectivity index (χ2n) is 5.38. The van der Waals surface area contributed by atoms with Crippen molar-refractivity contribution < 1.29 is 13.5 Å². The van der Waals surface area contributed by atoms with Crippen molar-refractivity contribution >= 4 is 21.4 Å². The van der Waals surface area contributed by atoms with Crippen molar-refractivity contribution in [2.75, 3.05) is 10.5 Å². The van der Waals surface area contributed by atoms with Crippen molar-refractivity contribution in [1.29, 1.82) is 0 Å². The van der Waals surface area contributed by atoms with Gasteiger partial charge in [-0.2, -0.15) is 0 Å². The van der Waals surface area contributed by atoms with Gasteiger partial charge in [-0.15, -0.1) is 0 Å². The lowest BCUT2D eigenvalue weighted by Crippen LogP contribution is -2.13. The summed E-state index contributed by atoms with van der Waals surface area (Å²) in [5.41, 5.74) is 7.53. The van der Waals surface area contributed by atoms with Crippen molar-refractivity contribution in [3.63, 3.8) is 0 Å². The zero-order valence-corrected chi connectivity index (χ0v) is 14.6. The van der Waals surface area contributed by atoms with E-state index in [1.54, 1.807) is 54.6 Å². The summed E-state index contributed by atoms with van der Waals surface area (Å²) in [7, 11) is -3.58. The molecule has 0 atom stereocenters. The summed E-state index contributed by atoms with van der Waals surface area (Å²) in [6.07, 6.45) is 0. The fourth-order valence-electron chi connectivity index (χ4n) is 2.03. The van der Waals surface area contributed by atoms with E-state index in [0.29, 0.717) is 17.1 Å². The monoisotopic (exact) mass is 356 g/mol. The number of anilines is 2. The number of phenolic OH excluding ortho intramolecular Hbond substituents is 1. The van der Waals surface area contributed by atoms with E-state index < -0.39 is 10.0 Å². The Morgan fingerprint density at radius 2 is 1.56 bits per heavy atom. The first kappa shape index (κ1) is 18.4. The Labute approximate surface area is 147 Å². The topological polar surface area (TPSA) is 92.4 Å². The van der Waals surface area contributed by atoms with Crippen molar-refractivity contribution in [1.82, 2.24) is 0 Å². The van der Waals surface area contributed by atoms with Crippen LogP contribution in [-0.2, 0) is 10.0 Å². The highest BCUT2D eigenvalue weighted by molar-refractivity contribution is 7.92. The Bertz CT molecular complexity index is 926. The maximum Gasteiger partial charge on any atom is 0.261 e. The van der Waals surface area contributed by atoms with Crippen molar-refractivity contribution in [2.45, 2.75) is 11.8 Å². The number of rotatable bonds is 3. The summed E-state index contributed by atoms with van der Waals surface area (Å²) in [5, 5.41) is 8.63. The van der Waals surface area contributed by atoms with Crippen LogP contribution in [0.2, 0.25) is 0 Å². The second-order valence-corrected chi connectivity index (χ2v) is 7.07. The van der Waals surface area contributed by atoms with Crippen LogP contribution in [0, 0.1) is 6.92 Å². The molecule has 3 aromatic carbocycles. The fraction of sp³-hybridized carbons (Fsp3) is 0.0526. The molecule has 0 aliphatic heterocycles. The van der Waals surface area contributed by atoms with Crippen LogP contribution < -0.4 is 10.5 Å². The van der Waals surface area contributed by atoms with Crippen LogP contribution >= 0.6 is 0 Å². The predicted octanol–water partition coefficient (Wildman–Crippen LogP) is 3.77. The molecule has 0 saturated heterocycles. The minimum atomic E-state index is -3.58. The van der Waals surface area contributed by atoms with Crippen LogP contribution in [0.3, 0.4) is 0 Å². The standard InChI is InChI=1S/C13H14N2O2S.C6H6O/c1-10-4-2-6-12(8-10)15-18(16,17)13-7-3-5-11(14)9-13;7-6-4-2-1-3-5-6/h2-9,15H,14H2,1H3;1-5,7H. The molecule has 0 radical (unpaired) electrons. The lowest BCUT2D eigenvalue weighted by atomic mass is 10.2. The number of benzene rings is 3. The number of aromatic hydroxyl groups is 1. The highest BCUT2D eigenvalue weighted by Gasteiger charge is 2.14. The predicted molar refractivity (Wildman–Crippen MR) is 101 cm³/mol. The summed E-state index contributed by atoms with van der Waals surface area (Å²) < 4.78 is 26.7. The molecule has 3 aromatic rings. The number of para-hydroxylation sites is 1. The average molecular weight is 356 g/mol. The van der Waals surface area contributed by atoms with Gasteiger partial charge < -0.3 is 10.8 Å². The number of sulfonamides is 1. The quantitative estimate of drug-likeness (QED) is 0.623. The normalized spacial score (nSPS) is 10.4. The molecule has 0 saturated carbocycles. The first-order valence-electron chi connectivity index (χ1n) is 7.56. The Kier molecular flexibility index (Phi) is 6.03. The van der Waals surface area contributed by atoms with Crippen molar-refractivity contribution in [3.8, 4) is 5.75 Å². The maximum absolute atomic E-state index is 12.1. The van der Waals surface area contributed by atoms with E-state index in [4.69, 9.17) is 10.8 Å². The highest BCUT2D eigenvalue weighted by atomic mass is 32.2. The van der Waals surface area contributed by atoms with Crippen LogP contribution in [0.4, 0.5) is 11.4 Å². The molecule has 4 N–H and O–H groups in total. The van der Waals surface area contributed by atoms with Gasteiger partial charge in [0.1, 0.15) is 5.75 Å². The first-order chi connectivity index (χ1) is 11.9. The Morgan fingerprint density at radius 3 is 2.12 bits per heavy atom. The van der Waals surface area contributed by atoms with Gasteiger partial charge in [0, 0.05) is 11.4 Å². The summed E-state index contributed by atoms with van der Waals surface area (Å²) in [4.78, 5) is 0.156. The average Bonchev–Trinajstić information content (AvgIpc) is 2.56. The first-order valence-corrected chi connectivity index (χ1v) is 9.04. The highest BCUT2D eigenvalue weighted by Crippen LogP contribution is 2.18. The molecule has 0 aromatic heterocycles. The molecule has 0 amide bonds. The van der Waals surface area contributed by atoms with Gasteiger partial charge in [0.15, 0.2) is 0 Å². The molecule has 6 heteroatoms. The zero-order valence-electron chi connectivity index (χ0n) is 13.8. The van der Waals surface area contributed by atoms with Crippen molar-refractivity contribution in [2.24, 2.45) is 0 Å². The summed E-state index contributed by atoms with van der Waals surface area (Å²) >= 11 is 0. The number of nitrogens with two attached hydrogens (primary N) is 1. The van der Waals surface area contributed by atoms with Gasteiger partial charge in [-0.05, 0) is 55.0 Å². The number of aryl methyl sites for hydroxylation is 1. The maximum atomic E-state index is 12.1. The minimum absolute atomic E-state index is 0.156. The lowest BCUT2D eigenvalue weighted by Gasteiger charge is -2.09. The number of hydrogen-bond donors (Lipinski definition) is 3. The number of phenols is 1. The van der Waals surface area contributed by atoms with Gasteiger partial charge in [0.2, 0.25) is 0 Å². The van der Waals surface area contributed by atoms with Crippen molar-refractivity contribution in [3.05, 3.63) is 84.4 Å². The Morgan fingerprint density at radius 1 is 0.880 bits per heavy atom.